The van der Waals surface area contributed by atoms with Crippen LogP contribution in [-0.2, 0) is 20.6 Å². The minimum Gasteiger partial charge on any atom is -0.483 e. The number of benzene rings is 2. The Morgan fingerprint density at radius 3 is 2.53 bits per heavy atom. The minimum atomic E-state index is -4.53. The molecule has 0 heterocycles. The molecule has 32 heavy (non-hydrogen) atoms. The van der Waals surface area contributed by atoms with Gasteiger partial charge >= 0.3 is 18.0 Å². The van der Waals surface area contributed by atoms with Crippen molar-refractivity contribution in [1.29, 1.82) is 0 Å². The lowest BCUT2D eigenvalue weighted by Gasteiger charge is -2.11. The van der Waals surface area contributed by atoms with Crippen LogP contribution in [0.5, 0.6) is 5.75 Å². The molecule has 0 aliphatic heterocycles. The minimum absolute atomic E-state index is 0.0271. The topological polar surface area (TPSA) is 109 Å². The van der Waals surface area contributed by atoms with E-state index in [1.165, 1.54) is 30.5 Å². The van der Waals surface area contributed by atoms with Crippen molar-refractivity contribution in [3.05, 3.63) is 72.3 Å². The highest BCUT2D eigenvalue weighted by molar-refractivity contribution is 6.35. The van der Waals surface area contributed by atoms with Gasteiger partial charge in [0.25, 0.3) is 5.91 Å². The van der Waals surface area contributed by atoms with Crippen LogP contribution in [0.1, 0.15) is 11.1 Å². The van der Waals surface area contributed by atoms with Crippen molar-refractivity contribution >= 4 is 29.6 Å². The number of nitrogens with zero attached hydrogens (tertiary/aromatic N) is 1. The van der Waals surface area contributed by atoms with Crippen molar-refractivity contribution in [2.75, 3.05) is 18.5 Å². The highest BCUT2D eigenvalue weighted by Crippen LogP contribution is 2.30. The lowest BCUT2D eigenvalue weighted by Crippen LogP contribution is -2.37. The summed E-state index contributed by atoms with van der Waals surface area (Å²) in [6.45, 7) is 3.04. The number of para-hydroxylation sites is 1. The summed E-state index contributed by atoms with van der Waals surface area (Å²) in [5.41, 5.74) is 1.50. The molecule has 3 N–H and O–H groups in total. The fraction of sp³-hybridized carbons (Fsp3) is 0.143. The van der Waals surface area contributed by atoms with Crippen molar-refractivity contribution in [1.82, 2.24) is 10.7 Å². The van der Waals surface area contributed by atoms with Crippen LogP contribution in [0.15, 0.2) is 66.3 Å². The van der Waals surface area contributed by atoms with Crippen LogP contribution in [0, 0.1) is 0 Å². The van der Waals surface area contributed by atoms with E-state index in [9.17, 15) is 27.6 Å². The molecule has 2 aromatic carbocycles. The molecule has 0 saturated carbocycles. The standard InChI is InChI=1S/C21H19F3N4O4/c1-2-10-25-19(30)20(31)28-26-12-14-6-3-4-9-17(14)32-13-18(29)27-16-8-5-7-15(11-16)21(22,23)24/h2-9,11-12H,1,10,13H2,(H,25,30)(H,27,29)(H,28,31)/b26-12+. The predicted molar refractivity (Wildman–Crippen MR) is 111 cm³/mol. The fourth-order valence-corrected chi connectivity index (χ4v) is 2.29. The quantitative estimate of drug-likeness (QED) is 0.250. The number of anilines is 1. The van der Waals surface area contributed by atoms with Crippen LogP contribution in [0.2, 0.25) is 0 Å². The Morgan fingerprint density at radius 2 is 1.81 bits per heavy atom. The van der Waals surface area contributed by atoms with E-state index in [0.717, 1.165) is 12.1 Å². The largest absolute Gasteiger partial charge is 0.483 e. The average molecular weight is 448 g/mol. The summed E-state index contributed by atoms with van der Waals surface area (Å²) in [6.07, 6.45) is -1.92. The average Bonchev–Trinajstić information content (AvgIpc) is 2.76. The molecular formula is C21H19F3N4O4. The lowest BCUT2D eigenvalue weighted by molar-refractivity contribution is -0.139. The predicted octanol–water partition coefficient (Wildman–Crippen LogP) is 2.48. The van der Waals surface area contributed by atoms with E-state index in [4.69, 9.17) is 4.74 Å². The van der Waals surface area contributed by atoms with Gasteiger partial charge in [0.2, 0.25) is 0 Å². The van der Waals surface area contributed by atoms with Crippen LogP contribution < -0.4 is 20.8 Å². The van der Waals surface area contributed by atoms with E-state index in [1.54, 1.807) is 18.2 Å². The zero-order valence-corrected chi connectivity index (χ0v) is 16.6. The van der Waals surface area contributed by atoms with Gasteiger partial charge in [0.1, 0.15) is 5.75 Å². The Balaban J connectivity index is 1.94. The zero-order chi connectivity index (χ0) is 23.6. The van der Waals surface area contributed by atoms with Gasteiger partial charge in [-0.05, 0) is 30.3 Å². The summed E-state index contributed by atoms with van der Waals surface area (Å²) in [5.74, 6) is -2.33. The van der Waals surface area contributed by atoms with Gasteiger partial charge in [-0.2, -0.15) is 18.3 Å². The first-order valence-corrected chi connectivity index (χ1v) is 9.11. The summed E-state index contributed by atoms with van der Waals surface area (Å²) >= 11 is 0. The first-order chi connectivity index (χ1) is 15.2. The van der Waals surface area contributed by atoms with Crippen molar-refractivity contribution in [3.8, 4) is 5.75 Å². The molecule has 8 nitrogen and oxygen atoms in total. The molecule has 0 unspecified atom stereocenters. The number of alkyl halides is 3. The smallest absolute Gasteiger partial charge is 0.416 e. The van der Waals surface area contributed by atoms with Gasteiger partial charge in [-0.1, -0.05) is 24.3 Å². The Labute approximate surface area is 181 Å². The highest BCUT2D eigenvalue weighted by Gasteiger charge is 2.30. The number of nitrogens with one attached hydrogen (secondary N) is 3. The molecule has 11 heteroatoms. The Morgan fingerprint density at radius 1 is 1.06 bits per heavy atom. The summed E-state index contributed by atoms with van der Waals surface area (Å²) in [7, 11) is 0. The summed E-state index contributed by atoms with van der Waals surface area (Å²) < 4.78 is 43.7. The number of hydrazone groups is 1. The number of hydrogen-bond donors (Lipinski definition) is 3. The Hall–Kier alpha value is -4.15. The number of carbonyl (C=O) groups excluding carboxylic acids is 3. The van der Waals surface area contributed by atoms with Gasteiger partial charge in [0.15, 0.2) is 6.61 Å². The maximum absolute atomic E-state index is 12.8. The van der Waals surface area contributed by atoms with Gasteiger partial charge in [0.05, 0.1) is 11.8 Å². The van der Waals surface area contributed by atoms with Crippen LogP contribution in [0.3, 0.4) is 0 Å². The molecule has 0 aliphatic carbocycles. The number of rotatable bonds is 8. The molecular weight excluding hydrogens is 429 g/mol. The van der Waals surface area contributed by atoms with Crippen LogP contribution in [-0.4, -0.2) is 37.1 Å². The number of amides is 3. The van der Waals surface area contributed by atoms with E-state index >= 15 is 0 Å². The van der Waals surface area contributed by atoms with Gasteiger partial charge in [-0.15, -0.1) is 6.58 Å². The van der Waals surface area contributed by atoms with Crippen molar-refractivity contribution in [3.63, 3.8) is 0 Å². The van der Waals surface area contributed by atoms with Gasteiger partial charge < -0.3 is 15.4 Å². The summed E-state index contributed by atoms with van der Waals surface area (Å²) in [6, 6.07) is 10.6. The molecule has 0 atom stereocenters. The van der Waals surface area contributed by atoms with Crippen LogP contribution in [0.25, 0.3) is 0 Å². The fourth-order valence-electron chi connectivity index (χ4n) is 2.29. The Bertz CT molecular complexity index is 1020. The third kappa shape index (κ3) is 7.59. The molecule has 0 radical (unpaired) electrons. The molecule has 2 rings (SSSR count). The maximum atomic E-state index is 12.8. The molecule has 0 fully saturated rings. The molecule has 0 bridgehead atoms. The second-order valence-electron chi connectivity index (χ2n) is 6.15. The molecule has 0 spiro atoms. The van der Waals surface area contributed by atoms with Gasteiger partial charge in [-0.3, -0.25) is 14.4 Å². The molecule has 0 saturated heterocycles. The van der Waals surface area contributed by atoms with E-state index < -0.39 is 36.1 Å². The van der Waals surface area contributed by atoms with Crippen molar-refractivity contribution in [2.24, 2.45) is 5.10 Å². The summed E-state index contributed by atoms with van der Waals surface area (Å²) in [4.78, 5) is 35.1. The van der Waals surface area contributed by atoms with Crippen LogP contribution in [0.4, 0.5) is 18.9 Å². The van der Waals surface area contributed by atoms with Crippen LogP contribution >= 0.6 is 0 Å². The van der Waals surface area contributed by atoms with Crippen molar-refractivity contribution in [2.45, 2.75) is 6.18 Å². The lowest BCUT2D eigenvalue weighted by atomic mass is 10.2. The molecule has 0 aromatic heterocycles. The highest BCUT2D eigenvalue weighted by atomic mass is 19.4. The summed E-state index contributed by atoms with van der Waals surface area (Å²) in [5, 5.41) is 8.27. The molecule has 168 valence electrons. The molecule has 3 amide bonds. The second-order valence-corrected chi connectivity index (χ2v) is 6.15. The third-order valence-corrected chi connectivity index (χ3v) is 3.73. The maximum Gasteiger partial charge on any atom is 0.416 e. The zero-order valence-electron chi connectivity index (χ0n) is 16.6. The first kappa shape index (κ1) is 24.1. The number of carbonyl (C=O) groups is 3. The SMILES string of the molecule is C=CCNC(=O)C(=O)N/N=C/c1ccccc1OCC(=O)Nc1cccc(C(F)(F)F)c1. The normalized spacial score (nSPS) is 11.0. The second kappa shape index (κ2) is 11.3. The third-order valence-electron chi connectivity index (χ3n) is 3.73. The first-order valence-electron chi connectivity index (χ1n) is 9.11. The van der Waals surface area contributed by atoms with E-state index in [1.807, 2.05) is 5.43 Å². The number of ether oxygens (including phenoxy) is 1. The van der Waals surface area contributed by atoms with Crippen molar-refractivity contribution < 1.29 is 32.3 Å². The van der Waals surface area contributed by atoms with Gasteiger partial charge in [0, 0.05) is 17.8 Å². The number of hydrogen-bond acceptors (Lipinski definition) is 5. The molecule has 2 aromatic rings. The van der Waals surface area contributed by atoms with Gasteiger partial charge in [-0.25, -0.2) is 5.43 Å². The monoisotopic (exact) mass is 448 g/mol. The molecule has 0 aliphatic rings. The Kier molecular flexibility index (Phi) is 8.52. The van der Waals surface area contributed by atoms with E-state index in [2.05, 4.69) is 22.3 Å². The number of halogens is 3. The van der Waals surface area contributed by atoms with E-state index in [-0.39, 0.29) is 18.0 Å². The van der Waals surface area contributed by atoms with E-state index in [0.29, 0.717) is 5.56 Å².